The van der Waals surface area contributed by atoms with Crippen molar-refractivity contribution in [1.29, 1.82) is 0 Å². The number of thiophene rings is 1. The van der Waals surface area contributed by atoms with E-state index in [0.29, 0.717) is 6.42 Å². The highest BCUT2D eigenvalue weighted by Gasteiger charge is 2.02. The van der Waals surface area contributed by atoms with Gasteiger partial charge in [0.1, 0.15) is 0 Å². The van der Waals surface area contributed by atoms with E-state index in [2.05, 4.69) is 42.2 Å². The Kier molecular flexibility index (Phi) is 8.19. The van der Waals surface area contributed by atoms with E-state index in [1.165, 1.54) is 17.1 Å². The lowest BCUT2D eigenvalue weighted by atomic mass is 10.3. The smallest absolute Gasteiger partial charge is 0.0771 e. The maximum Gasteiger partial charge on any atom is 0.0771 e. The molecule has 0 unspecified atom stereocenters. The highest BCUT2D eigenvalue weighted by atomic mass is 32.2. The molecule has 0 aliphatic heterocycles. The van der Waals surface area contributed by atoms with Crippen molar-refractivity contribution in [2.45, 2.75) is 19.4 Å². The zero-order valence-electron chi connectivity index (χ0n) is 11.1. The Morgan fingerprint density at radius 2 is 2.28 bits per heavy atom. The van der Waals surface area contributed by atoms with Crippen molar-refractivity contribution in [3.05, 3.63) is 21.9 Å². The van der Waals surface area contributed by atoms with E-state index in [1.807, 2.05) is 11.8 Å². The van der Waals surface area contributed by atoms with Crippen molar-refractivity contribution in [2.75, 3.05) is 32.2 Å². The molecule has 0 aromatic carbocycles. The number of hydrogen-bond acceptors (Lipinski definition) is 4. The fourth-order valence-corrected chi connectivity index (χ4v) is 2.94. The Labute approximate surface area is 118 Å². The van der Waals surface area contributed by atoms with E-state index in [0.717, 1.165) is 18.0 Å². The molecule has 0 atom stereocenters. The van der Waals surface area contributed by atoms with Crippen LogP contribution >= 0.6 is 23.1 Å². The van der Waals surface area contributed by atoms with Crippen LogP contribution in [-0.4, -0.2) is 42.2 Å². The molecule has 4 heteroatoms. The fourth-order valence-electron chi connectivity index (χ4n) is 1.56. The van der Waals surface area contributed by atoms with Crippen LogP contribution in [0.2, 0.25) is 0 Å². The second-order valence-electron chi connectivity index (χ2n) is 4.13. The molecule has 0 saturated carbocycles. The molecule has 0 aliphatic rings. The SMILES string of the molecule is CSCCCN(C)Cc1ccc(C#CCCO)s1. The Morgan fingerprint density at radius 3 is 3.00 bits per heavy atom. The van der Waals surface area contributed by atoms with Crippen molar-refractivity contribution in [3.8, 4) is 11.8 Å². The molecular formula is C14H21NOS2. The van der Waals surface area contributed by atoms with Crippen LogP contribution in [-0.2, 0) is 6.54 Å². The summed E-state index contributed by atoms with van der Waals surface area (Å²) in [5.74, 6) is 7.26. The van der Waals surface area contributed by atoms with Crippen molar-refractivity contribution in [2.24, 2.45) is 0 Å². The van der Waals surface area contributed by atoms with Gasteiger partial charge in [0.05, 0.1) is 11.5 Å². The third-order valence-electron chi connectivity index (χ3n) is 2.42. The molecule has 2 nitrogen and oxygen atoms in total. The standard InChI is InChI=1S/C14H21NOS2/c1-15(9-5-11-17-2)12-14-8-7-13(18-14)6-3-4-10-16/h7-8,16H,4-5,9-12H2,1-2H3. The predicted molar refractivity (Wildman–Crippen MR) is 82.2 cm³/mol. The van der Waals surface area contributed by atoms with Gasteiger partial charge in [-0.1, -0.05) is 11.8 Å². The van der Waals surface area contributed by atoms with Crippen molar-refractivity contribution in [1.82, 2.24) is 4.90 Å². The number of rotatable bonds is 7. The summed E-state index contributed by atoms with van der Waals surface area (Å²) >= 11 is 3.65. The molecule has 1 N–H and O–H groups in total. The Morgan fingerprint density at radius 1 is 1.44 bits per heavy atom. The largest absolute Gasteiger partial charge is 0.395 e. The zero-order valence-corrected chi connectivity index (χ0v) is 12.7. The number of nitrogens with zero attached hydrogens (tertiary/aromatic N) is 1. The summed E-state index contributed by atoms with van der Waals surface area (Å²) in [6, 6.07) is 4.22. The average molecular weight is 283 g/mol. The van der Waals surface area contributed by atoms with Gasteiger partial charge in [-0.3, -0.25) is 0 Å². The van der Waals surface area contributed by atoms with Gasteiger partial charge < -0.3 is 10.0 Å². The minimum absolute atomic E-state index is 0.142. The van der Waals surface area contributed by atoms with Gasteiger partial charge in [-0.15, -0.1) is 11.3 Å². The molecule has 100 valence electrons. The molecule has 0 aliphatic carbocycles. The van der Waals surface area contributed by atoms with Gasteiger partial charge in [0.2, 0.25) is 0 Å². The van der Waals surface area contributed by atoms with Gasteiger partial charge in [-0.2, -0.15) is 11.8 Å². The highest BCUT2D eigenvalue weighted by molar-refractivity contribution is 7.98. The molecule has 0 spiro atoms. The van der Waals surface area contributed by atoms with E-state index in [9.17, 15) is 0 Å². The Bertz CT molecular complexity index is 392. The summed E-state index contributed by atoms with van der Waals surface area (Å²) in [6.45, 7) is 2.29. The first kappa shape index (κ1) is 15.6. The van der Waals surface area contributed by atoms with Crippen LogP contribution in [0.3, 0.4) is 0 Å². The summed E-state index contributed by atoms with van der Waals surface area (Å²) in [7, 11) is 2.16. The number of thioether (sulfide) groups is 1. The van der Waals surface area contributed by atoms with Crippen LogP contribution in [0, 0.1) is 11.8 Å². The maximum atomic E-state index is 8.66. The normalized spacial score (nSPS) is 10.4. The van der Waals surface area contributed by atoms with Gasteiger partial charge in [-0.25, -0.2) is 0 Å². The molecule has 1 rings (SSSR count). The third kappa shape index (κ3) is 6.46. The van der Waals surface area contributed by atoms with Gasteiger partial charge in [-0.05, 0) is 44.2 Å². The van der Waals surface area contributed by atoms with Gasteiger partial charge in [0.25, 0.3) is 0 Å². The minimum atomic E-state index is 0.142. The zero-order chi connectivity index (χ0) is 13.2. The Hall–Kier alpha value is -0.470. The van der Waals surface area contributed by atoms with Crippen molar-refractivity contribution in [3.63, 3.8) is 0 Å². The average Bonchev–Trinajstić information content (AvgIpc) is 2.77. The molecule has 18 heavy (non-hydrogen) atoms. The minimum Gasteiger partial charge on any atom is -0.395 e. The lowest BCUT2D eigenvalue weighted by molar-refractivity contribution is 0.305. The molecule has 1 heterocycles. The second-order valence-corrected chi connectivity index (χ2v) is 6.28. The van der Waals surface area contributed by atoms with E-state index in [1.54, 1.807) is 11.3 Å². The summed E-state index contributed by atoms with van der Waals surface area (Å²) in [5.41, 5.74) is 0. The quantitative estimate of drug-likeness (QED) is 0.615. The lowest BCUT2D eigenvalue weighted by Gasteiger charge is -2.14. The van der Waals surface area contributed by atoms with Crippen LogP contribution in [0.4, 0.5) is 0 Å². The Balaban J connectivity index is 2.37. The van der Waals surface area contributed by atoms with Gasteiger partial charge in [0, 0.05) is 17.8 Å². The van der Waals surface area contributed by atoms with E-state index < -0.39 is 0 Å². The lowest BCUT2D eigenvalue weighted by Crippen LogP contribution is -2.18. The maximum absolute atomic E-state index is 8.66. The molecule has 0 bridgehead atoms. The van der Waals surface area contributed by atoms with Crippen LogP contribution in [0.25, 0.3) is 0 Å². The number of aliphatic hydroxyl groups excluding tert-OH is 1. The van der Waals surface area contributed by atoms with Crippen molar-refractivity contribution < 1.29 is 5.11 Å². The molecule has 0 saturated heterocycles. The molecule has 0 fully saturated rings. The van der Waals surface area contributed by atoms with Crippen molar-refractivity contribution >= 4 is 23.1 Å². The summed E-state index contributed by atoms with van der Waals surface area (Å²) in [4.78, 5) is 4.80. The molecule has 1 aromatic rings. The molecule has 0 amide bonds. The first-order chi connectivity index (χ1) is 8.76. The van der Waals surface area contributed by atoms with Gasteiger partial charge in [0.15, 0.2) is 0 Å². The highest BCUT2D eigenvalue weighted by Crippen LogP contribution is 2.17. The molecule has 1 aromatic heterocycles. The van der Waals surface area contributed by atoms with Crippen LogP contribution in [0.5, 0.6) is 0 Å². The number of aliphatic hydroxyl groups is 1. The predicted octanol–water partition coefficient (Wildman–Crippen LogP) is 2.67. The third-order valence-corrected chi connectivity index (χ3v) is 4.11. The second kappa shape index (κ2) is 9.46. The summed E-state index contributed by atoms with van der Waals surface area (Å²) in [6.07, 6.45) is 3.95. The van der Waals surface area contributed by atoms with E-state index in [-0.39, 0.29) is 6.61 Å². The molecular weight excluding hydrogens is 262 g/mol. The van der Waals surface area contributed by atoms with Crippen LogP contribution in [0.1, 0.15) is 22.6 Å². The summed E-state index contributed by atoms with van der Waals surface area (Å²) < 4.78 is 0. The first-order valence-electron chi connectivity index (χ1n) is 6.12. The fraction of sp³-hybridized carbons (Fsp3) is 0.571. The van der Waals surface area contributed by atoms with E-state index in [4.69, 9.17) is 5.11 Å². The van der Waals surface area contributed by atoms with Gasteiger partial charge >= 0.3 is 0 Å². The molecule has 0 radical (unpaired) electrons. The summed E-state index contributed by atoms with van der Waals surface area (Å²) in [5, 5.41) is 8.66. The monoisotopic (exact) mass is 283 g/mol. The topological polar surface area (TPSA) is 23.5 Å². The van der Waals surface area contributed by atoms with Crippen LogP contribution in [0.15, 0.2) is 12.1 Å². The first-order valence-corrected chi connectivity index (χ1v) is 8.33. The number of hydrogen-bond donors (Lipinski definition) is 1. The van der Waals surface area contributed by atoms with E-state index >= 15 is 0 Å². The van der Waals surface area contributed by atoms with Crippen LogP contribution < -0.4 is 0 Å².